The molecule has 2 aromatic carbocycles. The normalized spacial score (nSPS) is 10.6. The van der Waals surface area contributed by atoms with Gasteiger partial charge in [0.25, 0.3) is 5.69 Å². The van der Waals surface area contributed by atoms with Crippen LogP contribution in [0.4, 0.5) is 14.5 Å². The van der Waals surface area contributed by atoms with E-state index in [1.54, 1.807) is 0 Å². The van der Waals surface area contributed by atoms with E-state index in [-0.39, 0.29) is 29.4 Å². The van der Waals surface area contributed by atoms with Gasteiger partial charge in [-0.05, 0) is 30.3 Å². The number of nitrogens with zero attached hydrogens (tertiary/aromatic N) is 1. The Morgan fingerprint density at radius 3 is 2.52 bits per heavy atom. The van der Waals surface area contributed by atoms with E-state index < -0.39 is 16.6 Å². The lowest BCUT2D eigenvalue weighted by molar-refractivity contribution is -0.385. The molecule has 2 aromatic rings. The Morgan fingerprint density at radius 1 is 1.10 bits per heavy atom. The summed E-state index contributed by atoms with van der Waals surface area (Å²) in [5, 5.41) is 14.0. The molecule has 0 radical (unpaired) electrons. The average molecular weight is 313 g/mol. The number of halogens is 3. The number of nitrogens with one attached hydrogen (secondary N) is 1. The summed E-state index contributed by atoms with van der Waals surface area (Å²) in [5.74, 6) is -1.07. The fraction of sp³-hybridized carbons (Fsp3) is 0.143. The summed E-state index contributed by atoms with van der Waals surface area (Å²) in [4.78, 5) is 10.4. The molecule has 0 amide bonds. The van der Waals surface area contributed by atoms with Gasteiger partial charge in [0.1, 0.15) is 11.6 Å². The highest BCUT2D eigenvalue weighted by Crippen LogP contribution is 2.23. The first-order valence-corrected chi connectivity index (χ1v) is 6.42. The van der Waals surface area contributed by atoms with Crippen LogP contribution in [0.2, 0.25) is 5.02 Å². The molecule has 2 rings (SSSR count). The van der Waals surface area contributed by atoms with Gasteiger partial charge in [0.05, 0.1) is 4.92 Å². The number of nitro benzene ring substituents is 1. The minimum Gasteiger partial charge on any atom is -0.308 e. The third-order valence-electron chi connectivity index (χ3n) is 2.88. The van der Waals surface area contributed by atoms with E-state index in [4.69, 9.17) is 11.6 Å². The number of rotatable bonds is 5. The van der Waals surface area contributed by atoms with Gasteiger partial charge in [-0.25, -0.2) is 8.78 Å². The largest absolute Gasteiger partial charge is 0.308 e. The van der Waals surface area contributed by atoms with Gasteiger partial charge in [0.2, 0.25) is 0 Å². The highest BCUT2D eigenvalue weighted by molar-refractivity contribution is 6.30. The molecule has 7 heteroatoms. The second-order valence-corrected chi connectivity index (χ2v) is 4.81. The van der Waals surface area contributed by atoms with Crippen molar-refractivity contribution in [3.05, 3.63) is 74.3 Å². The summed E-state index contributed by atoms with van der Waals surface area (Å²) in [6, 6.07) is 7.46. The molecular formula is C14H11ClF2N2O2. The maximum Gasteiger partial charge on any atom is 0.275 e. The van der Waals surface area contributed by atoms with Crippen molar-refractivity contribution in [2.45, 2.75) is 13.1 Å². The fourth-order valence-corrected chi connectivity index (χ4v) is 2.03. The fourth-order valence-electron chi connectivity index (χ4n) is 1.87. The van der Waals surface area contributed by atoms with Crippen LogP contribution in [0.1, 0.15) is 11.1 Å². The Morgan fingerprint density at radius 2 is 1.81 bits per heavy atom. The number of hydrogen-bond donors (Lipinski definition) is 1. The van der Waals surface area contributed by atoms with Gasteiger partial charge in [0, 0.05) is 35.3 Å². The summed E-state index contributed by atoms with van der Waals surface area (Å²) in [5.41, 5.74) is 0.461. The minimum atomic E-state index is -0.536. The first-order chi connectivity index (χ1) is 9.97. The molecule has 1 N–H and O–H groups in total. The van der Waals surface area contributed by atoms with Gasteiger partial charge in [-0.3, -0.25) is 10.1 Å². The van der Waals surface area contributed by atoms with Crippen LogP contribution in [0.25, 0.3) is 0 Å². The van der Waals surface area contributed by atoms with Gasteiger partial charge in [-0.1, -0.05) is 11.6 Å². The Kier molecular flexibility index (Phi) is 4.82. The summed E-state index contributed by atoms with van der Waals surface area (Å²) < 4.78 is 26.4. The predicted octanol–water partition coefficient (Wildman–Crippen LogP) is 3.82. The smallest absolute Gasteiger partial charge is 0.275 e. The van der Waals surface area contributed by atoms with Gasteiger partial charge >= 0.3 is 0 Å². The summed E-state index contributed by atoms with van der Waals surface area (Å²) in [6.07, 6.45) is 0. The molecule has 0 aliphatic carbocycles. The van der Waals surface area contributed by atoms with Crippen molar-refractivity contribution in [2.24, 2.45) is 0 Å². The molecule has 0 aromatic heterocycles. The van der Waals surface area contributed by atoms with Crippen LogP contribution >= 0.6 is 11.6 Å². The highest BCUT2D eigenvalue weighted by atomic mass is 35.5. The summed E-state index contributed by atoms with van der Waals surface area (Å²) in [6.45, 7) is 0.201. The molecule has 0 unspecified atom stereocenters. The van der Waals surface area contributed by atoms with Crippen LogP contribution in [0.5, 0.6) is 0 Å². The molecule has 0 bridgehead atoms. The Hall–Kier alpha value is -2.05. The van der Waals surface area contributed by atoms with Crippen molar-refractivity contribution in [3.63, 3.8) is 0 Å². The van der Waals surface area contributed by atoms with Crippen LogP contribution in [0.3, 0.4) is 0 Å². The average Bonchev–Trinajstić information content (AvgIpc) is 2.44. The lowest BCUT2D eigenvalue weighted by atomic mass is 10.1. The number of benzene rings is 2. The van der Waals surface area contributed by atoms with Crippen LogP contribution in [0, 0.1) is 21.7 Å². The lowest BCUT2D eigenvalue weighted by Crippen LogP contribution is -2.15. The predicted molar refractivity (Wildman–Crippen MR) is 75.0 cm³/mol. The molecule has 110 valence electrons. The monoisotopic (exact) mass is 312 g/mol. The summed E-state index contributed by atoms with van der Waals surface area (Å²) >= 11 is 5.71. The van der Waals surface area contributed by atoms with Gasteiger partial charge in [-0.2, -0.15) is 0 Å². The maximum absolute atomic E-state index is 13.4. The number of nitro groups is 1. The van der Waals surface area contributed by atoms with E-state index in [2.05, 4.69) is 5.32 Å². The van der Waals surface area contributed by atoms with E-state index in [1.165, 1.54) is 18.2 Å². The third-order valence-corrected chi connectivity index (χ3v) is 3.12. The van der Waals surface area contributed by atoms with Gasteiger partial charge in [0.15, 0.2) is 0 Å². The van der Waals surface area contributed by atoms with Crippen molar-refractivity contribution in [1.82, 2.24) is 5.32 Å². The Balaban J connectivity index is 2.07. The van der Waals surface area contributed by atoms with E-state index in [0.717, 1.165) is 18.2 Å². The summed E-state index contributed by atoms with van der Waals surface area (Å²) in [7, 11) is 0. The molecule has 0 saturated carbocycles. The molecule has 0 saturated heterocycles. The van der Waals surface area contributed by atoms with Crippen molar-refractivity contribution in [1.29, 1.82) is 0 Å². The number of hydrogen-bond acceptors (Lipinski definition) is 3. The molecule has 4 nitrogen and oxygen atoms in total. The van der Waals surface area contributed by atoms with Crippen LogP contribution in [0.15, 0.2) is 36.4 Å². The first-order valence-electron chi connectivity index (χ1n) is 6.05. The first kappa shape index (κ1) is 15.3. The topological polar surface area (TPSA) is 55.2 Å². The second kappa shape index (κ2) is 6.60. The van der Waals surface area contributed by atoms with E-state index in [9.17, 15) is 18.9 Å². The highest BCUT2D eigenvalue weighted by Gasteiger charge is 2.14. The van der Waals surface area contributed by atoms with Gasteiger partial charge in [-0.15, -0.1) is 0 Å². The van der Waals surface area contributed by atoms with Gasteiger partial charge < -0.3 is 5.32 Å². The standard InChI is InChI=1S/C14H11ClF2N2O2/c15-11-2-1-9(14(6-11)19(20)21)7-18-8-10-5-12(16)3-4-13(10)17/h1-6,18H,7-8H2. The molecular weight excluding hydrogens is 302 g/mol. The third kappa shape index (κ3) is 3.96. The molecule has 21 heavy (non-hydrogen) atoms. The van der Waals surface area contributed by atoms with Crippen LogP contribution < -0.4 is 5.32 Å². The van der Waals surface area contributed by atoms with Crippen molar-refractivity contribution in [2.75, 3.05) is 0 Å². The lowest BCUT2D eigenvalue weighted by Gasteiger charge is -2.07. The van der Waals surface area contributed by atoms with Crippen LogP contribution in [-0.4, -0.2) is 4.92 Å². The van der Waals surface area contributed by atoms with E-state index in [0.29, 0.717) is 5.56 Å². The van der Waals surface area contributed by atoms with E-state index in [1.807, 2.05) is 0 Å². The molecule has 0 atom stereocenters. The Bertz CT molecular complexity index is 680. The molecule has 0 aliphatic heterocycles. The molecule has 0 heterocycles. The molecule has 0 fully saturated rings. The minimum absolute atomic E-state index is 0.0589. The van der Waals surface area contributed by atoms with Crippen LogP contribution in [-0.2, 0) is 13.1 Å². The van der Waals surface area contributed by atoms with Crippen molar-refractivity contribution < 1.29 is 13.7 Å². The second-order valence-electron chi connectivity index (χ2n) is 4.37. The zero-order valence-electron chi connectivity index (χ0n) is 10.8. The quantitative estimate of drug-likeness (QED) is 0.674. The van der Waals surface area contributed by atoms with Crippen molar-refractivity contribution in [3.8, 4) is 0 Å². The van der Waals surface area contributed by atoms with Crippen molar-refractivity contribution >= 4 is 17.3 Å². The SMILES string of the molecule is O=[N+]([O-])c1cc(Cl)ccc1CNCc1cc(F)ccc1F. The molecule has 0 aliphatic rings. The molecule has 0 spiro atoms. The maximum atomic E-state index is 13.4. The zero-order chi connectivity index (χ0) is 15.4. The van der Waals surface area contributed by atoms with E-state index >= 15 is 0 Å². The zero-order valence-corrected chi connectivity index (χ0v) is 11.5. The Labute approximate surface area is 124 Å².